The fourth-order valence-electron chi connectivity index (χ4n) is 0.728. The molecule has 10 heavy (non-hydrogen) atoms. The average molecular weight is 220 g/mol. The largest absolute Gasteiger partial charge is 0.0843 e. The number of benzene rings is 1. The second-order valence-electron chi connectivity index (χ2n) is 2.17. The maximum atomic E-state index is 5.70. The van der Waals surface area contributed by atoms with Gasteiger partial charge in [0.25, 0.3) is 0 Å². The van der Waals surface area contributed by atoms with Crippen LogP contribution in [-0.4, -0.2) is 0 Å². The molecule has 2 heteroatoms. The predicted octanol–water partition coefficient (Wildman–Crippen LogP) is 3.80. The molecule has 0 spiro atoms. The van der Waals surface area contributed by atoms with Crippen LogP contribution in [-0.2, 0) is 0 Å². The van der Waals surface area contributed by atoms with E-state index in [4.69, 9.17) is 11.6 Å². The zero-order valence-electron chi connectivity index (χ0n) is 5.64. The Morgan fingerprint density at radius 3 is 2.20 bits per heavy atom. The lowest BCUT2D eigenvalue weighted by Gasteiger charge is -2.01. The van der Waals surface area contributed by atoms with E-state index in [9.17, 15) is 0 Å². The highest BCUT2D eigenvalue weighted by atomic mass is 79.9. The SMILES string of the molecule is CC(Br)c1ccc(Cl)cc1. The molecule has 1 rings (SSSR count). The molecule has 0 heterocycles. The monoisotopic (exact) mass is 218 g/mol. The fraction of sp³-hybridized carbons (Fsp3) is 0.250. The van der Waals surface area contributed by atoms with Crippen LogP contribution in [0, 0.1) is 0 Å². The van der Waals surface area contributed by atoms with Crippen molar-refractivity contribution in [1.82, 2.24) is 0 Å². The minimum atomic E-state index is 0.407. The molecule has 0 saturated carbocycles. The molecule has 0 N–H and O–H groups in total. The topological polar surface area (TPSA) is 0 Å². The van der Waals surface area contributed by atoms with Gasteiger partial charge in [0.1, 0.15) is 0 Å². The van der Waals surface area contributed by atoms with E-state index in [2.05, 4.69) is 22.9 Å². The summed E-state index contributed by atoms with van der Waals surface area (Å²) in [6.07, 6.45) is 0. The Morgan fingerprint density at radius 2 is 1.80 bits per heavy atom. The Labute approximate surface area is 74.3 Å². The standard InChI is InChI=1S/C8H8BrCl/c1-6(9)7-2-4-8(10)5-3-7/h2-6H,1H3. The second kappa shape index (κ2) is 3.40. The molecule has 1 unspecified atom stereocenters. The van der Waals surface area contributed by atoms with Crippen LogP contribution in [0.25, 0.3) is 0 Å². The molecule has 0 bridgehead atoms. The Balaban J connectivity index is 2.89. The first kappa shape index (κ1) is 8.09. The van der Waals surface area contributed by atoms with Crippen molar-refractivity contribution < 1.29 is 0 Å². The predicted molar refractivity (Wildman–Crippen MR) is 48.8 cm³/mol. The van der Waals surface area contributed by atoms with Crippen molar-refractivity contribution in [2.75, 3.05) is 0 Å². The molecule has 0 saturated heterocycles. The zero-order valence-corrected chi connectivity index (χ0v) is 7.98. The molecule has 0 aliphatic heterocycles. The van der Waals surface area contributed by atoms with Gasteiger partial charge >= 0.3 is 0 Å². The third-order valence-electron chi connectivity index (χ3n) is 1.33. The lowest BCUT2D eigenvalue weighted by atomic mass is 10.2. The summed E-state index contributed by atoms with van der Waals surface area (Å²) < 4.78 is 0. The van der Waals surface area contributed by atoms with Crippen molar-refractivity contribution in [3.8, 4) is 0 Å². The van der Waals surface area contributed by atoms with Crippen LogP contribution in [0.5, 0.6) is 0 Å². The van der Waals surface area contributed by atoms with E-state index in [0.29, 0.717) is 4.83 Å². The zero-order chi connectivity index (χ0) is 7.56. The summed E-state index contributed by atoms with van der Waals surface area (Å²) in [6, 6.07) is 7.83. The number of hydrogen-bond donors (Lipinski definition) is 0. The van der Waals surface area contributed by atoms with Crippen LogP contribution in [0.15, 0.2) is 24.3 Å². The molecule has 1 aromatic carbocycles. The van der Waals surface area contributed by atoms with Gasteiger partial charge in [-0.1, -0.05) is 39.7 Å². The molecule has 0 aliphatic carbocycles. The minimum absolute atomic E-state index is 0.407. The van der Waals surface area contributed by atoms with Crippen LogP contribution in [0.3, 0.4) is 0 Å². The van der Waals surface area contributed by atoms with E-state index in [1.165, 1.54) is 5.56 Å². The highest BCUT2D eigenvalue weighted by Gasteiger charge is 1.97. The molecular weight excluding hydrogens is 211 g/mol. The van der Waals surface area contributed by atoms with Gasteiger partial charge in [-0.15, -0.1) is 0 Å². The Kier molecular flexibility index (Phi) is 2.75. The van der Waals surface area contributed by atoms with Gasteiger partial charge in [-0.3, -0.25) is 0 Å². The van der Waals surface area contributed by atoms with Crippen LogP contribution < -0.4 is 0 Å². The van der Waals surface area contributed by atoms with Crippen LogP contribution in [0.2, 0.25) is 5.02 Å². The summed E-state index contributed by atoms with van der Waals surface area (Å²) in [7, 11) is 0. The lowest BCUT2D eigenvalue weighted by Crippen LogP contribution is -1.80. The molecule has 54 valence electrons. The third-order valence-corrected chi connectivity index (χ3v) is 2.11. The number of hydrogen-bond acceptors (Lipinski definition) is 0. The van der Waals surface area contributed by atoms with Gasteiger partial charge in [-0.2, -0.15) is 0 Å². The summed E-state index contributed by atoms with van der Waals surface area (Å²) in [5, 5.41) is 0.789. The molecule has 0 radical (unpaired) electrons. The van der Waals surface area contributed by atoms with Crippen molar-refractivity contribution >= 4 is 27.5 Å². The second-order valence-corrected chi connectivity index (χ2v) is 3.98. The van der Waals surface area contributed by atoms with Gasteiger partial charge in [0.15, 0.2) is 0 Å². The van der Waals surface area contributed by atoms with Crippen LogP contribution in [0.4, 0.5) is 0 Å². The smallest absolute Gasteiger partial charge is 0.0406 e. The van der Waals surface area contributed by atoms with E-state index in [1.807, 2.05) is 24.3 Å². The fourth-order valence-corrected chi connectivity index (χ4v) is 1.16. The van der Waals surface area contributed by atoms with Crippen molar-refractivity contribution in [1.29, 1.82) is 0 Å². The third kappa shape index (κ3) is 1.99. The minimum Gasteiger partial charge on any atom is -0.0843 e. The lowest BCUT2D eigenvalue weighted by molar-refractivity contribution is 1.12. The molecule has 0 aliphatic rings. The van der Waals surface area contributed by atoms with Gasteiger partial charge in [-0.05, 0) is 24.6 Å². The number of halogens is 2. The Bertz CT molecular complexity index is 203. The Hall–Kier alpha value is -0.0100. The van der Waals surface area contributed by atoms with Crippen molar-refractivity contribution in [2.24, 2.45) is 0 Å². The first-order chi connectivity index (χ1) is 4.70. The van der Waals surface area contributed by atoms with Crippen molar-refractivity contribution in [3.63, 3.8) is 0 Å². The van der Waals surface area contributed by atoms with Crippen LogP contribution >= 0.6 is 27.5 Å². The number of rotatable bonds is 1. The molecule has 0 amide bonds. The summed E-state index contributed by atoms with van der Waals surface area (Å²) in [4.78, 5) is 0.407. The van der Waals surface area contributed by atoms with Crippen LogP contribution in [0.1, 0.15) is 17.3 Å². The first-order valence-electron chi connectivity index (χ1n) is 3.09. The van der Waals surface area contributed by atoms with E-state index < -0.39 is 0 Å². The summed E-state index contributed by atoms with van der Waals surface area (Å²) in [5.74, 6) is 0. The molecular formula is C8H8BrCl. The average Bonchev–Trinajstić information content (AvgIpc) is 1.88. The van der Waals surface area contributed by atoms with Gasteiger partial charge in [-0.25, -0.2) is 0 Å². The normalized spacial score (nSPS) is 13.1. The van der Waals surface area contributed by atoms with Gasteiger partial charge in [0.2, 0.25) is 0 Å². The van der Waals surface area contributed by atoms with Gasteiger partial charge in [0.05, 0.1) is 0 Å². The summed E-state index contributed by atoms with van der Waals surface area (Å²) >= 11 is 9.16. The molecule has 0 nitrogen and oxygen atoms in total. The van der Waals surface area contributed by atoms with E-state index in [-0.39, 0.29) is 0 Å². The Morgan fingerprint density at radius 1 is 1.30 bits per heavy atom. The van der Waals surface area contributed by atoms with E-state index >= 15 is 0 Å². The van der Waals surface area contributed by atoms with Gasteiger partial charge in [0, 0.05) is 9.85 Å². The van der Waals surface area contributed by atoms with Gasteiger partial charge < -0.3 is 0 Å². The maximum Gasteiger partial charge on any atom is 0.0406 e. The van der Waals surface area contributed by atoms with E-state index in [1.54, 1.807) is 0 Å². The number of alkyl halides is 1. The molecule has 1 atom stereocenters. The highest BCUT2D eigenvalue weighted by Crippen LogP contribution is 2.22. The van der Waals surface area contributed by atoms with Crippen molar-refractivity contribution in [2.45, 2.75) is 11.8 Å². The quantitative estimate of drug-likeness (QED) is 0.630. The van der Waals surface area contributed by atoms with E-state index in [0.717, 1.165) is 5.02 Å². The first-order valence-corrected chi connectivity index (χ1v) is 4.39. The maximum absolute atomic E-state index is 5.70. The summed E-state index contributed by atoms with van der Waals surface area (Å²) in [5.41, 5.74) is 1.25. The summed E-state index contributed by atoms with van der Waals surface area (Å²) in [6.45, 7) is 2.09. The molecule has 0 aromatic heterocycles. The molecule has 1 aromatic rings. The van der Waals surface area contributed by atoms with Crippen molar-refractivity contribution in [3.05, 3.63) is 34.9 Å². The highest BCUT2D eigenvalue weighted by molar-refractivity contribution is 9.09. The molecule has 0 fully saturated rings.